The normalized spacial score (nSPS) is 14.7. The molecule has 3 N–H and O–H groups in total. The maximum absolute atomic E-state index is 11.9. The summed E-state index contributed by atoms with van der Waals surface area (Å²) in [6, 6.07) is 4.89. The van der Waals surface area contributed by atoms with Crippen molar-refractivity contribution in [3.8, 4) is 5.75 Å². The molecule has 0 saturated carbocycles. The summed E-state index contributed by atoms with van der Waals surface area (Å²) in [4.78, 5) is 10.4. The van der Waals surface area contributed by atoms with Gasteiger partial charge >= 0.3 is 12.1 Å². The fraction of sp³-hybridized carbons (Fsp3) is 0.417. The van der Waals surface area contributed by atoms with Crippen molar-refractivity contribution in [1.82, 2.24) is 0 Å². The number of halogens is 3. The Bertz CT molecular complexity index is 443. The second-order valence-electron chi connectivity index (χ2n) is 4.08. The first kappa shape index (κ1) is 16.3. The lowest BCUT2D eigenvalue weighted by molar-refractivity contribution is -0.153. The van der Waals surface area contributed by atoms with Crippen molar-refractivity contribution in [2.75, 3.05) is 6.61 Å². The molecule has 0 aliphatic heterocycles. The average molecular weight is 294 g/mol. The van der Waals surface area contributed by atoms with E-state index in [0.717, 1.165) is 0 Å². The predicted octanol–water partition coefficient (Wildman–Crippen LogP) is 1.50. The molecule has 0 aliphatic rings. The number of alkyl halides is 3. The third kappa shape index (κ3) is 5.45. The van der Waals surface area contributed by atoms with Crippen LogP contribution in [0.1, 0.15) is 18.1 Å². The molecule has 1 aromatic carbocycles. The van der Waals surface area contributed by atoms with Crippen LogP contribution in [0.4, 0.5) is 13.2 Å². The Labute approximate surface area is 112 Å². The summed E-state index contributed by atoms with van der Waals surface area (Å²) in [5.74, 6) is -1.33. The van der Waals surface area contributed by atoms with E-state index < -0.39 is 37.4 Å². The molecule has 0 bridgehead atoms. The smallest absolute Gasteiger partial charge is 0.422 e. The molecule has 1 aromatic rings. The van der Waals surface area contributed by atoms with Crippen LogP contribution >= 0.6 is 0 Å². The number of carboxylic acids is 1. The number of ether oxygens (including phenoxy) is 1. The molecule has 112 valence electrons. The van der Waals surface area contributed by atoms with E-state index >= 15 is 0 Å². The highest BCUT2D eigenvalue weighted by Crippen LogP contribution is 2.23. The molecular formula is C12H13F3O5. The predicted molar refractivity (Wildman–Crippen MR) is 61.2 cm³/mol. The number of aliphatic carboxylic acids is 1. The van der Waals surface area contributed by atoms with Gasteiger partial charge in [0.15, 0.2) is 6.61 Å². The minimum atomic E-state index is -4.45. The summed E-state index contributed by atoms with van der Waals surface area (Å²) in [5.41, 5.74) is 0.179. The quantitative estimate of drug-likeness (QED) is 0.740. The molecule has 0 amide bonds. The van der Waals surface area contributed by atoms with Gasteiger partial charge in [-0.05, 0) is 17.7 Å². The Morgan fingerprint density at radius 3 is 2.20 bits per heavy atom. The number of hydrogen-bond acceptors (Lipinski definition) is 4. The van der Waals surface area contributed by atoms with Crippen molar-refractivity contribution in [1.29, 1.82) is 0 Å². The van der Waals surface area contributed by atoms with Gasteiger partial charge in [0, 0.05) is 0 Å². The summed E-state index contributed by atoms with van der Waals surface area (Å²) in [6.45, 7) is -1.43. The van der Waals surface area contributed by atoms with Crippen LogP contribution < -0.4 is 4.74 Å². The van der Waals surface area contributed by atoms with E-state index in [1.807, 2.05) is 0 Å². The maximum Gasteiger partial charge on any atom is 0.422 e. The number of hydrogen-bond donors (Lipinski definition) is 3. The molecule has 0 aromatic heterocycles. The molecule has 0 heterocycles. The van der Waals surface area contributed by atoms with Gasteiger partial charge in [0.25, 0.3) is 0 Å². The molecule has 1 rings (SSSR count). The molecular weight excluding hydrogens is 281 g/mol. The number of aliphatic hydroxyl groups is 2. The van der Waals surface area contributed by atoms with E-state index in [4.69, 9.17) is 5.11 Å². The molecule has 0 spiro atoms. The maximum atomic E-state index is 11.9. The van der Waals surface area contributed by atoms with Gasteiger partial charge in [-0.3, -0.25) is 4.79 Å². The summed E-state index contributed by atoms with van der Waals surface area (Å²) in [5, 5.41) is 27.5. The summed E-state index contributed by atoms with van der Waals surface area (Å²) >= 11 is 0. The highest BCUT2D eigenvalue weighted by atomic mass is 19.4. The number of rotatable bonds is 6. The zero-order valence-electron chi connectivity index (χ0n) is 10.2. The molecule has 20 heavy (non-hydrogen) atoms. The summed E-state index contributed by atoms with van der Waals surface area (Å²) in [6.07, 6.45) is -8.04. The Hall–Kier alpha value is -1.80. The van der Waals surface area contributed by atoms with E-state index in [1.54, 1.807) is 0 Å². The van der Waals surface area contributed by atoms with Gasteiger partial charge in [-0.15, -0.1) is 0 Å². The van der Waals surface area contributed by atoms with Crippen LogP contribution in [-0.2, 0) is 4.79 Å². The van der Waals surface area contributed by atoms with Crippen molar-refractivity contribution in [3.63, 3.8) is 0 Å². The highest BCUT2D eigenvalue weighted by Gasteiger charge is 2.28. The summed E-state index contributed by atoms with van der Waals surface area (Å²) in [7, 11) is 0. The van der Waals surface area contributed by atoms with Crippen molar-refractivity contribution in [2.45, 2.75) is 24.8 Å². The molecule has 5 nitrogen and oxygen atoms in total. The first-order valence-electron chi connectivity index (χ1n) is 5.56. The molecule has 8 heteroatoms. The van der Waals surface area contributed by atoms with E-state index in [1.165, 1.54) is 24.3 Å². The lowest BCUT2D eigenvalue weighted by Gasteiger charge is -2.17. The van der Waals surface area contributed by atoms with Crippen molar-refractivity contribution < 1.29 is 38.0 Å². The number of carboxylic acid groups (broad SMARTS) is 1. The van der Waals surface area contributed by atoms with Gasteiger partial charge < -0.3 is 20.1 Å². The van der Waals surface area contributed by atoms with Crippen LogP contribution in [0.3, 0.4) is 0 Å². The standard InChI is InChI=1S/C12H13F3O5/c13-12(14,15)6-20-8-3-1-7(2-4-8)11(19)9(16)5-10(17)18/h1-4,9,11,16,19H,5-6H2,(H,17,18). The van der Waals surface area contributed by atoms with Crippen LogP contribution in [0.25, 0.3) is 0 Å². The Balaban J connectivity index is 2.63. The fourth-order valence-electron chi connectivity index (χ4n) is 1.44. The van der Waals surface area contributed by atoms with Gasteiger partial charge in [0.1, 0.15) is 11.9 Å². The minimum Gasteiger partial charge on any atom is -0.484 e. The average Bonchev–Trinajstić information content (AvgIpc) is 2.34. The number of benzene rings is 1. The van der Waals surface area contributed by atoms with Crippen molar-refractivity contribution in [2.24, 2.45) is 0 Å². The summed E-state index contributed by atoms with van der Waals surface area (Å²) < 4.78 is 40.2. The third-order valence-corrected chi connectivity index (χ3v) is 2.37. The lowest BCUT2D eigenvalue weighted by Crippen LogP contribution is -2.22. The molecule has 0 saturated heterocycles. The number of aliphatic hydroxyl groups excluding tert-OH is 2. The fourth-order valence-corrected chi connectivity index (χ4v) is 1.44. The SMILES string of the molecule is O=C(O)CC(O)C(O)c1ccc(OCC(F)(F)F)cc1. The zero-order chi connectivity index (χ0) is 15.3. The van der Waals surface area contributed by atoms with Crippen LogP contribution in [0, 0.1) is 0 Å². The van der Waals surface area contributed by atoms with E-state index in [9.17, 15) is 28.2 Å². The zero-order valence-corrected chi connectivity index (χ0v) is 10.2. The van der Waals surface area contributed by atoms with Crippen molar-refractivity contribution in [3.05, 3.63) is 29.8 Å². The highest BCUT2D eigenvalue weighted by molar-refractivity contribution is 5.67. The Morgan fingerprint density at radius 2 is 1.75 bits per heavy atom. The Kier molecular flexibility index (Phi) is 5.34. The van der Waals surface area contributed by atoms with Gasteiger partial charge in [0.05, 0.1) is 12.5 Å². The lowest BCUT2D eigenvalue weighted by atomic mass is 10.0. The number of carbonyl (C=O) groups is 1. The van der Waals surface area contributed by atoms with Crippen LogP contribution in [0.5, 0.6) is 5.75 Å². The van der Waals surface area contributed by atoms with Crippen LogP contribution in [-0.4, -0.2) is 40.2 Å². The molecule has 2 atom stereocenters. The molecule has 2 unspecified atom stereocenters. The van der Waals surface area contributed by atoms with Gasteiger partial charge in [-0.25, -0.2) is 0 Å². The van der Waals surface area contributed by atoms with Gasteiger partial charge in [0.2, 0.25) is 0 Å². The molecule has 0 aliphatic carbocycles. The second-order valence-corrected chi connectivity index (χ2v) is 4.08. The van der Waals surface area contributed by atoms with E-state index in [0.29, 0.717) is 0 Å². The van der Waals surface area contributed by atoms with Crippen LogP contribution in [0.15, 0.2) is 24.3 Å². The molecule has 0 fully saturated rings. The monoisotopic (exact) mass is 294 g/mol. The Morgan fingerprint density at radius 1 is 1.20 bits per heavy atom. The topological polar surface area (TPSA) is 87.0 Å². The minimum absolute atomic E-state index is 0.0500. The first-order valence-corrected chi connectivity index (χ1v) is 5.56. The van der Waals surface area contributed by atoms with Gasteiger partial charge in [-0.2, -0.15) is 13.2 Å². The van der Waals surface area contributed by atoms with Gasteiger partial charge in [-0.1, -0.05) is 12.1 Å². The van der Waals surface area contributed by atoms with Crippen molar-refractivity contribution >= 4 is 5.97 Å². The van der Waals surface area contributed by atoms with E-state index in [2.05, 4.69) is 4.74 Å². The van der Waals surface area contributed by atoms with Crippen LogP contribution in [0.2, 0.25) is 0 Å². The second kappa shape index (κ2) is 6.58. The largest absolute Gasteiger partial charge is 0.484 e. The first-order chi connectivity index (χ1) is 9.19. The third-order valence-electron chi connectivity index (χ3n) is 2.37. The van der Waals surface area contributed by atoms with E-state index in [-0.39, 0.29) is 11.3 Å². The molecule has 0 radical (unpaired) electrons.